The van der Waals surface area contributed by atoms with Crippen molar-refractivity contribution in [3.8, 4) is 0 Å². The van der Waals surface area contributed by atoms with Crippen LogP contribution in [0.5, 0.6) is 0 Å². The molecule has 4 rings (SSSR count). The van der Waals surface area contributed by atoms with Crippen molar-refractivity contribution < 1.29 is 21.6 Å². The van der Waals surface area contributed by atoms with Gasteiger partial charge < -0.3 is 0 Å². The van der Waals surface area contributed by atoms with Crippen molar-refractivity contribution in [3.63, 3.8) is 0 Å². The van der Waals surface area contributed by atoms with Gasteiger partial charge in [-0.05, 0) is 36.8 Å². The van der Waals surface area contributed by atoms with E-state index in [4.69, 9.17) is 0 Å². The van der Waals surface area contributed by atoms with Gasteiger partial charge in [0.25, 0.3) is 0 Å². The lowest BCUT2D eigenvalue weighted by Crippen LogP contribution is -2.41. The summed E-state index contributed by atoms with van der Waals surface area (Å²) < 4.78 is 64.0. The molecule has 3 aromatic rings. The van der Waals surface area contributed by atoms with Crippen LogP contribution in [0.25, 0.3) is 16.6 Å². The van der Waals surface area contributed by atoms with E-state index < -0.39 is 27.1 Å². The molecule has 0 saturated carbocycles. The highest BCUT2D eigenvalue weighted by molar-refractivity contribution is 7.91. The fourth-order valence-electron chi connectivity index (χ4n) is 3.41. The van der Waals surface area contributed by atoms with Crippen molar-refractivity contribution in [2.45, 2.75) is 18.6 Å². The van der Waals surface area contributed by atoms with Crippen LogP contribution >= 0.6 is 0 Å². The molecule has 31 heavy (non-hydrogen) atoms. The summed E-state index contributed by atoms with van der Waals surface area (Å²) in [6, 6.07) is 11.2. The van der Waals surface area contributed by atoms with Crippen LogP contribution in [-0.4, -0.2) is 36.4 Å². The number of allylic oxidation sites excluding steroid dienone is 1. The molecule has 0 fully saturated rings. The fraction of sp³-hybridized carbons (Fsp3) is 0.190. The molecular weight excluding hydrogens is 429 g/mol. The number of benzene rings is 1. The molecule has 6 nitrogen and oxygen atoms in total. The quantitative estimate of drug-likeness (QED) is 0.600. The Bertz CT molecular complexity index is 1320. The lowest BCUT2D eigenvalue weighted by molar-refractivity contribution is -0.137. The van der Waals surface area contributed by atoms with Gasteiger partial charge in [0.2, 0.25) is 5.50 Å². The zero-order valence-electron chi connectivity index (χ0n) is 16.5. The number of anilines is 1. The molecular formula is C21H17F3N4O2S. The highest BCUT2D eigenvalue weighted by Crippen LogP contribution is 2.36. The highest BCUT2D eigenvalue weighted by atomic mass is 32.2. The minimum Gasteiger partial charge on any atom is -0.290 e. The first-order valence-electron chi connectivity index (χ1n) is 9.16. The van der Waals surface area contributed by atoms with E-state index in [0.717, 1.165) is 23.8 Å². The average molecular weight is 446 g/mol. The number of nitrogens with zero attached hydrogens (tertiary/aromatic N) is 4. The topological polar surface area (TPSA) is 75.5 Å². The van der Waals surface area contributed by atoms with Gasteiger partial charge in [0.05, 0.1) is 16.8 Å². The predicted molar refractivity (Wildman–Crippen MR) is 113 cm³/mol. The van der Waals surface area contributed by atoms with Gasteiger partial charge >= 0.3 is 6.18 Å². The number of rotatable bonds is 3. The fourth-order valence-corrected chi connectivity index (χ4v) is 4.29. The maximum atomic E-state index is 13.0. The van der Waals surface area contributed by atoms with E-state index >= 15 is 0 Å². The molecule has 1 aliphatic heterocycles. The van der Waals surface area contributed by atoms with Crippen molar-refractivity contribution >= 4 is 38.5 Å². The van der Waals surface area contributed by atoms with Crippen LogP contribution in [0.4, 0.5) is 19.0 Å². The maximum absolute atomic E-state index is 13.0. The first-order chi connectivity index (χ1) is 14.6. The first-order valence-corrected chi connectivity index (χ1v) is 11.1. The summed E-state index contributed by atoms with van der Waals surface area (Å²) in [6.45, 7) is 1.75. The van der Waals surface area contributed by atoms with Crippen molar-refractivity contribution in [1.29, 1.82) is 0 Å². The molecule has 1 atom stereocenters. The van der Waals surface area contributed by atoms with Gasteiger partial charge in [-0.25, -0.2) is 13.4 Å². The monoisotopic (exact) mass is 446 g/mol. The molecule has 0 bridgehead atoms. The van der Waals surface area contributed by atoms with Crippen LogP contribution in [-0.2, 0) is 16.0 Å². The molecule has 1 aromatic carbocycles. The number of hydrogen-bond acceptors (Lipinski definition) is 6. The standard InChI is InChI=1S/C21H17F3N4O2S/c1-13-11-27-20(31(2,29)30)28(18-8-7-16(12-26-18)21(22,23)24)19(13)15-6-5-14-4-3-9-25-17(14)10-15/h3-12,20H,1-2H3. The average Bonchev–Trinajstić information content (AvgIpc) is 2.71. The summed E-state index contributed by atoms with van der Waals surface area (Å²) in [4.78, 5) is 13.7. The van der Waals surface area contributed by atoms with E-state index in [1.807, 2.05) is 12.1 Å². The Kier molecular flexibility index (Phi) is 5.04. The summed E-state index contributed by atoms with van der Waals surface area (Å²) in [7, 11) is -3.75. The molecule has 10 heteroatoms. The summed E-state index contributed by atoms with van der Waals surface area (Å²) >= 11 is 0. The number of aromatic nitrogens is 2. The van der Waals surface area contributed by atoms with Crippen LogP contribution < -0.4 is 4.90 Å². The summed E-state index contributed by atoms with van der Waals surface area (Å²) in [6.07, 6.45) is 0.239. The molecule has 0 radical (unpaired) electrons. The summed E-state index contributed by atoms with van der Waals surface area (Å²) in [5, 5.41) is 0.896. The normalized spacial score (nSPS) is 17.5. The third kappa shape index (κ3) is 4.02. The smallest absolute Gasteiger partial charge is 0.290 e. The third-order valence-corrected chi connectivity index (χ3v) is 5.91. The van der Waals surface area contributed by atoms with E-state index in [9.17, 15) is 21.6 Å². The second-order valence-corrected chi connectivity index (χ2v) is 9.23. The molecule has 1 aliphatic rings. The van der Waals surface area contributed by atoms with Crippen molar-refractivity contribution in [2.75, 3.05) is 11.2 Å². The first kappa shape index (κ1) is 21.0. The number of hydrogen-bond donors (Lipinski definition) is 0. The molecule has 0 spiro atoms. The van der Waals surface area contributed by atoms with E-state index in [-0.39, 0.29) is 5.82 Å². The second kappa shape index (κ2) is 7.45. The molecule has 3 heterocycles. The third-order valence-electron chi connectivity index (χ3n) is 4.82. The minimum absolute atomic E-state index is 0.0377. The Labute approximate surface area is 176 Å². The maximum Gasteiger partial charge on any atom is 0.417 e. The Hall–Kier alpha value is -3.27. The summed E-state index contributed by atoms with van der Waals surface area (Å²) in [5.41, 5.74) is 0.158. The second-order valence-electron chi connectivity index (χ2n) is 7.15. The Morgan fingerprint density at radius 3 is 2.48 bits per heavy atom. The van der Waals surface area contributed by atoms with Crippen LogP contribution in [0.2, 0.25) is 0 Å². The van der Waals surface area contributed by atoms with Gasteiger partial charge in [0, 0.05) is 35.8 Å². The van der Waals surface area contributed by atoms with Crippen molar-refractivity contribution in [3.05, 3.63) is 71.6 Å². The van der Waals surface area contributed by atoms with Crippen LogP contribution in [0.15, 0.2) is 65.4 Å². The molecule has 0 amide bonds. The molecule has 0 N–H and O–H groups in total. The number of alkyl halides is 3. The lowest BCUT2D eigenvalue weighted by Gasteiger charge is -2.34. The number of halogens is 3. The van der Waals surface area contributed by atoms with Gasteiger partial charge in [0.15, 0.2) is 9.84 Å². The van der Waals surface area contributed by atoms with E-state index in [0.29, 0.717) is 28.5 Å². The molecule has 0 aliphatic carbocycles. The predicted octanol–water partition coefficient (Wildman–Crippen LogP) is 4.30. The van der Waals surface area contributed by atoms with Crippen LogP contribution in [0.1, 0.15) is 18.1 Å². The molecule has 2 aromatic heterocycles. The Morgan fingerprint density at radius 1 is 1.06 bits per heavy atom. The van der Waals surface area contributed by atoms with Crippen molar-refractivity contribution in [1.82, 2.24) is 9.97 Å². The van der Waals surface area contributed by atoms with Crippen LogP contribution in [0.3, 0.4) is 0 Å². The molecule has 160 valence electrons. The Morgan fingerprint density at radius 2 is 1.84 bits per heavy atom. The molecule has 0 saturated heterocycles. The Balaban J connectivity index is 1.90. The van der Waals surface area contributed by atoms with E-state index in [2.05, 4.69) is 15.0 Å². The van der Waals surface area contributed by atoms with Gasteiger partial charge in [-0.3, -0.25) is 14.9 Å². The van der Waals surface area contributed by atoms with Gasteiger partial charge in [0.1, 0.15) is 5.82 Å². The largest absolute Gasteiger partial charge is 0.417 e. The van der Waals surface area contributed by atoms with E-state index in [1.165, 1.54) is 11.1 Å². The lowest BCUT2D eigenvalue weighted by atomic mass is 10.0. The number of pyridine rings is 2. The van der Waals surface area contributed by atoms with E-state index in [1.54, 1.807) is 31.3 Å². The SMILES string of the molecule is CC1=C(c2ccc3cccnc3c2)N(c2ccc(C(F)(F)F)cn2)C(S(C)(=O)=O)N=C1. The van der Waals surface area contributed by atoms with Gasteiger partial charge in [-0.2, -0.15) is 13.2 Å². The van der Waals surface area contributed by atoms with Gasteiger partial charge in [-0.1, -0.05) is 18.2 Å². The number of fused-ring (bicyclic) bond motifs is 1. The highest BCUT2D eigenvalue weighted by Gasteiger charge is 2.36. The zero-order chi connectivity index (χ0) is 22.4. The van der Waals surface area contributed by atoms with Gasteiger partial charge in [-0.15, -0.1) is 0 Å². The zero-order valence-corrected chi connectivity index (χ0v) is 17.3. The number of aliphatic imine (C=N–C) groups is 1. The number of sulfone groups is 1. The minimum atomic E-state index is -4.56. The van der Waals surface area contributed by atoms with Crippen LogP contribution in [0, 0.1) is 0 Å². The van der Waals surface area contributed by atoms with Crippen molar-refractivity contribution in [2.24, 2.45) is 4.99 Å². The summed E-state index contributed by atoms with van der Waals surface area (Å²) in [5.74, 6) is 0.0377. The molecule has 1 unspecified atom stereocenters.